The molecule has 0 aliphatic rings. The van der Waals surface area contributed by atoms with Crippen LogP contribution >= 0.6 is 0 Å². The Morgan fingerprint density at radius 2 is 2.00 bits per heavy atom. The largest absolute Gasteiger partial charge is 0.497 e. The minimum Gasteiger partial charge on any atom is -0.497 e. The molecular formula is C11H15NO3. The number of ether oxygens (including phenoxy) is 1. The third-order valence-electron chi connectivity index (χ3n) is 2.22. The maximum Gasteiger partial charge on any atom is 0.323 e. The zero-order valence-electron chi connectivity index (χ0n) is 8.86. The van der Waals surface area contributed by atoms with Crippen LogP contribution in [0.25, 0.3) is 0 Å². The summed E-state index contributed by atoms with van der Waals surface area (Å²) in [5.74, 6) is -0.258. The molecule has 0 bridgehead atoms. The van der Waals surface area contributed by atoms with Crippen molar-refractivity contribution in [2.75, 3.05) is 7.11 Å². The number of carboxylic acids is 1. The number of nitrogens with two attached hydrogens (primary N) is 1. The first-order valence-corrected chi connectivity index (χ1v) is 4.61. The van der Waals surface area contributed by atoms with Crippen molar-refractivity contribution < 1.29 is 14.6 Å². The minimum absolute atomic E-state index is 0.298. The molecule has 0 saturated heterocycles. The predicted molar refractivity (Wildman–Crippen MR) is 56.9 cm³/mol. The van der Waals surface area contributed by atoms with E-state index in [4.69, 9.17) is 15.6 Å². The fourth-order valence-corrected chi connectivity index (χ4v) is 1.24. The summed E-state index contributed by atoms with van der Waals surface area (Å²) in [7, 11) is 1.58. The average Bonchev–Trinajstić information content (AvgIpc) is 2.18. The van der Waals surface area contributed by atoms with Gasteiger partial charge >= 0.3 is 5.97 Å². The van der Waals surface area contributed by atoms with Gasteiger partial charge in [-0.15, -0.1) is 0 Å². The molecule has 0 saturated carbocycles. The highest BCUT2D eigenvalue weighted by Crippen LogP contribution is 2.15. The molecule has 0 heterocycles. The van der Waals surface area contributed by atoms with Crippen molar-refractivity contribution in [2.24, 2.45) is 5.73 Å². The Kier molecular flexibility index (Phi) is 3.31. The standard InChI is InChI=1S/C11H15NO3/c1-11(12,10(13)14)7-8-3-5-9(15-2)6-4-8/h3-6H,7,12H2,1-2H3,(H,13,14)/t11-/m0/s1. The van der Waals surface area contributed by atoms with Crippen molar-refractivity contribution in [3.8, 4) is 5.75 Å². The summed E-state index contributed by atoms with van der Waals surface area (Å²) in [4.78, 5) is 10.8. The molecule has 15 heavy (non-hydrogen) atoms. The summed E-state index contributed by atoms with van der Waals surface area (Å²) in [6.45, 7) is 1.50. The lowest BCUT2D eigenvalue weighted by atomic mass is 9.94. The first kappa shape index (κ1) is 11.5. The van der Waals surface area contributed by atoms with Gasteiger partial charge in [-0.3, -0.25) is 4.79 Å². The lowest BCUT2D eigenvalue weighted by Crippen LogP contribution is -2.46. The number of aliphatic carboxylic acids is 1. The van der Waals surface area contributed by atoms with Crippen molar-refractivity contribution >= 4 is 5.97 Å². The molecule has 1 rings (SSSR count). The quantitative estimate of drug-likeness (QED) is 0.777. The second kappa shape index (κ2) is 4.31. The monoisotopic (exact) mass is 209 g/mol. The van der Waals surface area contributed by atoms with Crippen LogP contribution in [0.15, 0.2) is 24.3 Å². The van der Waals surface area contributed by atoms with Gasteiger partial charge in [0.15, 0.2) is 0 Å². The fraction of sp³-hybridized carbons (Fsp3) is 0.364. The molecule has 1 aromatic rings. The van der Waals surface area contributed by atoms with E-state index in [9.17, 15) is 4.79 Å². The van der Waals surface area contributed by atoms with Gasteiger partial charge in [0.2, 0.25) is 0 Å². The zero-order chi connectivity index (χ0) is 11.5. The molecule has 0 spiro atoms. The Morgan fingerprint density at radius 1 is 1.47 bits per heavy atom. The zero-order valence-corrected chi connectivity index (χ0v) is 8.86. The van der Waals surface area contributed by atoms with Crippen molar-refractivity contribution in [3.05, 3.63) is 29.8 Å². The van der Waals surface area contributed by atoms with E-state index >= 15 is 0 Å². The Balaban J connectivity index is 2.77. The van der Waals surface area contributed by atoms with Crippen molar-refractivity contribution in [1.82, 2.24) is 0 Å². The van der Waals surface area contributed by atoms with Gasteiger partial charge in [-0.2, -0.15) is 0 Å². The number of methoxy groups -OCH3 is 1. The van der Waals surface area contributed by atoms with E-state index in [1.807, 2.05) is 12.1 Å². The van der Waals surface area contributed by atoms with Gasteiger partial charge in [0.1, 0.15) is 11.3 Å². The molecular weight excluding hydrogens is 194 g/mol. The summed E-state index contributed by atoms with van der Waals surface area (Å²) in [5.41, 5.74) is 5.28. The smallest absolute Gasteiger partial charge is 0.323 e. The van der Waals surface area contributed by atoms with E-state index in [0.717, 1.165) is 11.3 Å². The second-order valence-electron chi connectivity index (χ2n) is 3.75. The van der Waals surface area contributed by atoms with Gasteiger partial charge in [-0.05, 0) is 24.6 Å². The third-order valence-corrected chi connectivity index (χ3v) is 2.22. The van der Waals surface area contributed by atoms with E-state index in [0.29, 0.717) is 6.42 Å². The topological polar surface area (TPSA) is 72.5 Å². The Bertz CT molecular complexity index is 343. The van der Waals surface area contributed by atoms with Crippen molar-refractivity contribution in [2.45, 2.75) is 18.9 Å². The van der Waals surface area contributed by atoms with Crippen molar-refractivity contribution in [3.63, 3.8) is 0 Å². The van der Waals surface area contributed by atoms with E-state index in [1.54, 1.807) is 19.2 Å². The number of carboxylic acid groups (broad SMARTS) is 1. The van der Waals surface area contributed by atoms with Gasteiger partial charge in [0.25, 0.3) is 0 Å². The SMILES string of the molecule is COc1ccc(C[C@](C)(N)C(=O)O)cc1. The highest BCUT2D eigenvalue weighted by Gasteiger charge is 2.27. The van der Waals surface area contributed by atoms with Crippen LogP contribution in [-0.2, 0) is 11.2 Å². The molecule has 4 heteroatoms. The molecule has 4 nitrogen and oxygen atoms in total. The molecule has 0 unspecified atom stereocenters. The van der Waals surface area contributed by atoms with Crippen LogP contribution in [0, 0.1) is 0 Å². The van der Waals surface area contributed by atoms with E-state index in [2.05, 4.69) is 0 Å². The van der Waals surface area contributed by atoms with Crippen LogP contribution in [0.3, 0.4) is 0 Å². The van der Waals surface area contributed by atoms with Crippen LogP contribution < -0.4 is 10.5 Å². The summed E-state index contributed by atoms with van der Waals surface area (Å²) >= 11 is 0. The number of hydrogen-bond donors (Lipinski definition) is 2. The molecule has 0 aliphatic carbocycles. The maximum absolute atomic E-state index is 10.8. The summed E-state index contributed by atoms with van der Waals surface area (Å²) in [5, 5.41) is 8.85. The Morgan fingerprint density at radius 3 is 2.40 bits per heavy atom. The molecule has 3 N–H and O–H groups in total. The predicted octanol–water partition coefficient (Wildman–Crippen LogP) is 1.04. The molecule has 0 aromatic heterocycles. The Labute approximate surface area is 88.7 Å². The Hall–Kier alpha value is -1.55. The molecule has 0 aliphatic heterocycles. The van der Waals surface area contributed by atoms with E-state index < -0.39 is 11.5 Å². The van der Waals surface area contributed by atoms with Crippen LogP contribution in [0.2, 0.25) is 0 Å². The van der Waals surface area contributed by atoms with Crippen LogP contribution in [-0.4, -0.2) is 23.7 Å². The summed E-state index contributed by atoms with van der Waals surface area (Å²) in [6, 6.07) is 7.19. The molecule has 1 atom stereocenters. The van der Waals surface area contributed by atoms with Gasteiger partial charge in [0, 0.05) is 6.42 Å². The fourth-order valence-electron chi connectivity index (χ4n) is 1.24. The van der Waals surface area contributed by atoms with Crippen LogP contribution in [0.5, 0.6) is 5.75 Å². The molecule has 0 fully saturated rings. The summed E-state index contributed by atoms with van der Waals surface area (Å²) < 4.78 is 5.00. The molecule has 1 aromatic carbocycles. The van der Waals surface area contributed by atoms with Crippen molar-refractivity contribution in [1.29, 1.82) is 0 Å². The highest BCUT2D eigenvalue weighted by atomic mass is 16.5. The maximum atomic E-state index is 10.8. The normalized spacial score (nSPS) is 14.3. The molecule has 82 valence electrons. The minimum atomic E-state index is -1.23. The summed E-state index contributed by atoms with van der Waals surface area (Å²) in [6.07, 6.45) is 0.298. The van der Waals surface area contributed by atoms with E-state index in [1.165, 1.54) is 6.92 Å². The molecule has 0 radical (unpaired) electrons. The van der Waals surface area contributed by atoms with Gasteiger partial charge < -0.3 is 15.6 Å². The lowest BCUT2D eigenvalue weighted by molar-refractivity contribution is -0.142. The number of benzene rings is 1. The number of rotatable bonds is 4. The average molecular weight is 209 g/mol. The van der Waals surface area contributed by atoms with Gasteiger partial charge in [-0.1, -0.05) is 12.1 Å². The third kappa shape index (κ3) is 2.95. The second-order valence-corrected chi connectivity index (χ2v) is 3.75. The lowest BCUT2D eigenvalue weighted by Gasteiger charge is -2.18. The van der Waals surface area contributed by atoms with Gasteiger partial charge in [0.05, 0.1) is 7.11 Å². The first-order valence-electron chi connectivity index (χ1n) is 4.61. The highest BCUT2D eigenvalue weighted by molar-refractivity contribution is 5.78. The van der Waals surface area contributed by atoms with Crippen LogP contribution in [0.1, 0.15) is 12.5 Å². The number of carbonyl (C=O) groups is 1. The van der Waals surface area contributed by atoms with Crippen LogP contribution in [0.4, 0.5) is 0 Å². The molecule has 0 amide bonds. The van der Waals surface area contributed by atoms with E-state index in [-0.39, 0.29) is 0 Å². The first-order chi connectivity index (χ1) is 6.95. The van der Waals surface area contributed by atoms with Gasteiger partial charge in [-0.25, -0.2) is 0 Å². The number of hydrogen-bond acceptors (Lipinski definition) is 3.